The van der Waals surface area contributed by atoms with Crippen LogP contribution in [0.2, 0.25) is 0 Å². The molecule has 1 aromatic rings. The van der Waals surface area contributed by atoms with Gasteiger partial charge in [0, 0.05) is 6.08 Å². The Morgan fingerprint density at radius 2 is 1.81 bits per heavy atom. The molecule has 0 saturated carbocycles. The summed E-state index contributed by atoms with van der Waals surface area (Å²) in [6, 6.07) is 8.15. The van der Waals surface area contributed by atoms with E-state index in [1.165, 1.54) is 12.1 Å². The molecule has 0 aliphatic carbocycles. The van der Waals surface area contributed by atoms with E-state index >= 15 is 0 Å². The Kier molecular flexibility index (Phi) is 14.6. The second kappa shape index (κ2) is 15.1. The largest absolute Gasteiger partial charge is 1.00 e. The smallest absolute Gasteiger partial charge is 1.00 e. The molecular formula is C19H29NaO6S. The monoisotopic (exact) mass is 408 g/mol. The number of carbonyl (C=O) groups is 1. The molecule has 148 valence electrons. The minimum Gasteiger partial charge on any atom is -1.00 e. The molecule has 8 heteroatoms. The van der Waals surface area contributed by atoms with Gasteiger partial charge in [-0.2, -0.15) is 8.42 Å². The van der Waals surface area contributed by atoms with Crippen molar-refractivity contribution < 1.29 is 57.3 Å². The Morgan fingerprint density at radius 1 is 1.15 bits per heavy atom. The third-order valence-electron chi connectivity index (χ3n) is 3.67. The van der Waals surface area contributed by atoms with Gasteiger partial charge in [-0.15, -0.1) is 0 Å². The van der Waals surface area contributed by atoms with Gasteiger partial charge in [0.05, 0.1) is 6.61 Å². The number of rotatable bonds is 14. The molecule has 1 unspecified atom stereocenters. The first-order valence-electron chi connectivity index (χ1n) is 8.93. The summed E-state index contributed by atoms with van der Waals surface area (Å²) in [5.74, 6) is -0.271. The fourth-order valence-electron chi connectivity index (χ4n) is 2.36. The molecule has 1 rings (SSSR count). The molecule has 0 spiro atoms. The van der Waals surface area contributed by atoms with E-state index in [9.17, 15) is 13.2 Å². The van der Waals surface area contributed by atoms with E-state index in [2.05, 4.69) is 13.5 Å². The van der Waals surface area contributed by atoms with Crippen LogP contribution < -0.4 is 33.7 Å². The maximum Gasteiger partial charge on any atom is 1.00 e. The Hall–Kier alpha value is -0.860. The second-order valence-corrected chi connectivity index (χ2v) is 7.10. The number of esters is 1. The van der Waals surface area contributed by atoms with Gasteiger partial charge < -0.3 is 10.3 Å². The van der Waals surface area contributed by atoms with Crippen LogP contribution in [0.4, 0.5) is 0 Å². The van der Waals surface area contributed by atoms with Crippen LogP contribution in [-0.2, 0) is 24.1 Å². The number of para-hydroxylation sites is 1. The van der Waals surface area contributed by atoms with Gasteiger partial charge in [0.1, 0.15) is 11.9 Å². The van der Waals surface area contributed by atoms with Crippen LogP contribution in [0.3, 0.4) is 0 Å². The van der Waals surface area contributed by atoms with Crippen LogP contribution in [0.5, 0.6) is 5.75 Å². The molecule has 27 heavy (non-hydrogen) atoms. The molecule has 1 aromatic carbocycles. The summed E-state index contributed by atoms with van der Waals surface area (Å²) in [6.45, 7) is 5.49. The SMILES string of the molecule is C=CC(=O)OC(CCCCCC)CCCOS(=O)(=O)Oc1ccccc1.[H-].[Na+]. The molecule has 0 heterocycles. The van der Waals surface area contributed by atoms with Crippen molar-refractivity contribution >= 4 is 16.4 Å². The van der Waals surface area contributed by atoms with Gasteiger partial charge in [-0.1, -0.05) is 51.0 Å². The Bertz CT molecular complexity index is 639. The maximum absolute atomic E-state index is 11.8. The number of ether oxygens (including phenoxy) is 1. The predicted octanol–water partition coefficient (Wildman–Crippen LogP) is 1.29. The second-order valence-electron chi connectivity index (χ2n) is 5.88. The first-order chi connectivity index (χ1) is 12.5. The summed E-state index contributed by atoms with van der Waals surface area (Å²) >= 11 is 0. The van der Waals surface area contributed by atoms with Gasteiger partial charge >= 0.3 is 45.9 Å². The number of unbranched alkanes of at least 4 members (excludes halogenated alkanes) is 3. The first kappa shape index (κ1) is 26.1. The normalized spacial score (nSPS) is 11.9. The van der Waals surface area contributed by atoms with Gasteiger partial charge in [-0.3, -0.25) is 0 Å². The van der Waals surface area contributed by atoms with Gasteiger partial charge in [0.2, 0.25) is 0 Å². The van der Waals surface area contributed by atoms with Crippen molar-refractivity contribution in [3.05, 3.63) is 43.0 Å². The van der Waals surface area contributed by atoms with Crippen molar-refractivity contribution in [1.29, 1.82) is 0 Å². The topological polar surface area (TPSA) is 78.9 Å². The van der Waals surface area contributed by atoms with E-state index < -0.39 is 16.4 Å². The molecule has 6 nitrogen and oxygen atoms in total. The zero-order valence-electron chi connectivity index (χ0n) is 17.3. The summed E-state index contributed by atoms with van der Waals surface area (Å²) in [6.07, 6.45) is 6.87. The number of benzene rings is 1. The standard InChI is InChI=1S/C19H28O6S.Na.H/c1-3-5-6-8-12-17(24-19(20)4-2)15-11-16-23-26(21,22)25-18-13-9-7-10-14-18;;/h4,7,9-10,13-14,17H,2-3,5-6,8,11-12,15-16H2,1H3;;/q;+1;-1. The molecule has 0 radical (unpaired) electrons. The van der Waals surface area contributed by atoms with Gasteiger partial charge in [0.25, 0.3) is 0 Å². The van der Waals surface area contributed by atoms with Gasteiger partial charge in [-0.05, 0) is 37.8 Å². The molecular weight excluding hydrogens is 379 g/mol. The van der Waals surface area contributed by atoms with Crippen molar-refractivity contribution in [1.82, 2.24) is 0 Å². The molecule has 0 aliphatic rings. The van der Waals surface area contributed by atoms with E-state index in [4.69, 9.17) is 13.1 Å². The van der Waals surface area contributed by atoms with Crippen molar-refractivity contribution in [2.24, 2.45) is 0 Å². The van der Waals surface area contributed by atoms with Crippen molar-refractivity contribution in [3.63, 3.8) is 0 Å². The molecule has 0 bridgehead atoms. The summed E-state index contributed by atoms with van der Waals surface area (Å²) in [7, 11) is -4.11. The molecule has 0 amide bonds. The van der Waals surface area contributed by atoms with Gasteiger partial charge in [0.15, 0.2) is 0 Å². The molecule has 1 atom stereocenters. The van der Waals surface area contributed by atoms with E-state index in [-0.39, 0.29) is 49.4 Å². The fraction of sp³-hybridized carbons (Fsp3) is 0.526. The van der Waals surface area contributed by atoms with Crippen LogP contribution in [0.15, 0.2) is 43.0 Å². The number of carbonyl (C=O) groups excluding carboxylic acids is 1. The summed E-state index contributed by atoms with van der Waals surface area (Å²) in [5, 5.41) is 0. The Balaban J connectivity index is 0. The van der Waals surface area contributed by atoms with E-state index in [1.54, 1.807) is 18.2 Å². The third kappa shape index (κ3) is 13.0. The molecule has 0 aliphatic heterocycles. The quantitative estimate of drug-likeness (QED) is 0.200. The van der Waals surface area contributed by atoms with Crippen molar-refractivity contribution in [2.45, 2.75) is 58.0 Å². The summed E-state index contributed by atoms with van der Waals surface area (Å²) in [4.78, 5) is 11.4. The van der Waals surface area contributed by atoms with Crippen LogP contribution in [0.1, 0.15) is 53.3 Å². The van der Waals surface area contributed by atoms with E-state index in [1.807, 2.05) is 0 Å². The Labute approximate surface area is 186 Å². The number of hydrogen-bond donors (Lipinski definition) is 0. The fourth-order valence-corrected chi connectivity index (χ4v) is 3.08. The van der Waals surface area contributed by atoms with Crippen molar-refractivity contribution in [2.75, 3.05) is 6.61 Å². The van der Waals surface area contributed by atoms with Crippen LogP contribution in [0.25, 0.3) is 0 Å². The molecule has 0 aromatic heterocycles. The molecule has 0 saturated heterocycles. The zero-order chi connectivity index (χ0) is 19.3. The average molecular weight is 408 g/mol. The van der Waals surface area contributed by atoms with Crippen LogP contribution >= 0.6 is 0 Å². The Morgan fingerprint density at radius 3 is 2.44 bits per heavy atom. The van der Waals surface area contributed by atoms with E-state index in [0.717, 1.165) is 38.2 Å². The zero-order valence-corrected chi connectivity index (χ0v) is 19.1. The summed E-state index contributed by atoms with van der Waals surface area (Å²) in [5.41, 5.74) is 0. The van der Waals surface area contributed by atoms with Crippen LogP contribution in [-0.4, -0.2) is 27.1 Å². The number of hydrogen-bond acceptors (Lipinski definition) is 6. The minimum atomic E-state index is -4.11. The van der Waals surface area contributed by atoms with E-state index in [0.29, 0.717) is 12.8 Å². The first-order valence-corrected chi connectivity index (χ1v) is 10.3. The summed E-state index contributed by atoms with van der Waals surface area (Å²) < 4.78 is 38.5. The van der Waals surface area contributed by atoms with Gasteiger partial charge in [-0.25, -0.2) is 8.98 Å². The predicted molar refractivity (Wildman–Crippen MR) is 101 cm³/mol. The molecule has 0 N–H and O–H groups in total. The molecule has 0 fully saturated rings. The van der Waals surface area contributed by atoms with Crippen LogP contribution in [0, 0.1) is 0 Å². The maximum atomic E-state index is 11.8. The van der Waals surface area contributed by atoms with Crippen molar-refractivity contribution in [3.8, 4) is 5.75 Å². The third-order valence-corrected chi connectivity index (χ3v) is 4.52. The minimum absolute atomic E-state index is 0. The average Bonchev–Trinajstić information content (AvgIpc) is 2.62.